The largest absolute Gasteiger partial charge is 0.382 e. The zero-order chi connectivity index (χ0) is 9.14. The van der Waals surface area contributed by atoms with Crippen molar-refractivity contribution in [2.45, 2.75) is 27.7 Å². The van der Waals surface area contributed by atoms with E-state index in [-0.39, 0.29) is 0 Å². The second kappa shape index (κ2) is 3.61. The number of aryl methyl sites for hydroxylation is 2. The number of nitrogens with zero attached hydrogens (tertiary/aromatic N) is 1. The Morgan fingerprint density at radius 2 is 2.08 bits per heavy atom. The number of anilines is 1. The zero-order valence-corrected chi connectivity index (χ0v) is 8.23. The van der Waals surface area contributed by atoms with Gasteiger partial charge in [-0.3, -0.25) is 5.10 Å². The molecule has 1 heterocycles. The van der Waals surface area contributed by atoms with E-state index in [9.17, 15) is 0 Å². The van der Waals surface area contributed by atoms with E-state index >= 15 is 0 Å². The Balaban J connectivity index is 2.62. The van der Waals surface area contributed by atoms with Gasteiger partial charge in [0.15, 0.2) is 0 Å². The molecule has 0 bridgehead atoms. The molecule has 0 saturated heterocycles. The van der Waals surface area contributed by atoms with Crippen molar-refractivity contribution in [3.8, 4) is 0 Å². The van der Waals surface area contributed by atoms with Gasteiger partial charge in [-0.1, -0.05) is 13.8 Å². The first-order valence-corrected chi connectivity index (χ1v) is 4.36. The highest BCUT2D eigenvalue weighted by Crippen LogP contribution is 2.15. The Kier molecular flexibility index (Phi) is 2.74. The van der Waals surface area contributed by atoms with Crippen LogP contribution < -0.4 is 5.32 Å². The van der Waals surface area contributed by atoms with Crippen molar-refractivity contribution < 1.29 is 0 Å². The molecule has 2 N–H and O–H groups in total. The second-order valence-corrected chi connectivity index (χ2v) is 3.58. The fourth-order valence-corrected chi connectivity index (χ4v) is 1.12. The monoisotopic (exact) mass is 167 g/mol. The minimum atomic E-state index is 0.665. The summed E-state index contributed by atoms with van der Waals surface area (Å²) in [6, 6.07) is 0. The van der Waals surface area contributed by atoms with Crippen LogP contribution in [0.4, 0.5) is 5.69 Å². The van der Waals surface area contributed by atoms with Crippen molar-refractivity contribution >= 4 is 5.69 Å². The van der Waals surface area contributed by atoms with Crippen molar-refractivity contribution in [1.29, 1.82) is 0 Å². The molecule has 0 unspecified atom stereocenters. The molecule has 1 aromatic heterocycles. The molecule has 3 heteroatoms. The fraction of sp³-hybridized carbons (Fsp3) is 0.667. The van der Waals surface area contributed by atoms with Gasteiger partial charge in [-0.05, 0) is 19.8 Å². The Bertz CT molecular complexity index is 231. The average Bonchev–Trinajstić information content (AvgIpc) is 2.28. The Morgan fingerprint density at radius 3 is 2.50 bits per heavy atom. The summed E-state index contributed by atoms with van der Waals surface area (Å²) in [5.74, 6) is 0.665. The van der Waals surface area contributed by atoms with Crippen molar-refractivity contribution in [3.05, 3.63) is 11.4 Å². The number of rotatable bonds is 3. The Labute approximate surface area is 73.6 Å². The van der Waals surface area contributed by atoms with Gasteiger partial charge in [-0.2, -0.15) is 5.10 Å². The summed E-state index contributed by atoms with van der Waals surface area (Å²) in [5, 5.41) is 10.4. The number of hydrogen-bond acceptors (Lipinski definition) is 2. The third-order valence-electron chi connectivity index (χ3n) is 1.82. The molecular formula is C9H17N3. The predicted molar refractivity (Wildman–Crippen MR) is 51.4 cm³/mol. The van der Waals surface area contributed by atoms with E-state index in [1.54, 1.807) is 0 Å². The van der Waals surface area contributed by atoms with Crippen LogP contribution in [0.25, 0.3) is 0 Å². The molecule has 0 amide bonds. The van der Waals surface area contributed by atoms with E-state index in [2.05, 4.69) is 29.4 Å². The molecular weight excluding hydrogens is 150 g/mol. The summed E-state index contributed by atoms with van der Waals surface area (Å²) < 4.78 is 0. The molecule has 0 aromatic carbocycles. The van der Waals surface area contributed by atoms with E-state index < -0.39 is 0 Å². The van der Waals surface area contributed by atoms with Crippen LogP contribution in [0.1, 0.15) is 25.2 Å². The zero-order valence-electron chi connectivity index (χ0n) is 8.23. The number of H-pyrrole nitrogens is 1. The molecule has 0 fully saturated rings. The summed E-state index contributed by atoms with van der Waals surface area (Å²) >= 11 is 0. The van der Waals surface area contributed by atoms with Gasteiger partial charge in [0.2, 0.25) is 0 Å². The van der Waals surface area contributed by atoms with Crippen LogP contribution in [0.5, 0.6) is 0 Å². The van der Waals surface area contributed by atoms with E-state index in [0.717, 1.165) is 23.6 Å². The number of nitrogens with one attached hydrogen (secondary N) is 2. The minimum Gasteiger partial charge on any atom is -0.382 e. The number of hydrogen-bond donors (Lipinski definition) is 2. The quantitative estimate of drug-likeness (QED) is 0.723. The maximum atomic E-state index is 4.11. The summed E-state index contributed by atoms with van der Waals surface area (Å²) in [5.41, 5.74) is 3.32. The van der Waals surface area contributed by atoms with E-state index in [1.807, 2.05) is 13.8 Å². The van der Waals surface area contributed by atoms with Crippen molar-refractivity contribution in [1.82, 2.24) is 10.2 Å². The summed E-state index contributed by atoms with van der Waals surface area (Å²) in [6.07, 6.45) is 0. The lowest BCUT2D eigenvalue weighted by atomic mass is 10.2. The first kappa shape index (κ1) is 9.10. The van der Waals surface area contributed by atoms with Gasteiger partial charge in [-0.15, -0.1) is 0 Å². The molecule has 0 radical (unpaired) electrons. The Morgan fingerprint density at radius 1 is 1.42 bits per heavy atom. The van der Waals surface area contributed by atoms with Gasteiger partial charge in [0.05, 0.1) is 17.1 Å². The molecule has 12 heavy (non-hydrogen) atoms. The highest BCUT2D eigenvalue weighted by molar-refractivity contribution is 5.51. The maximum absolute atomic E-state index is 4.11. The molecule has 0 aliphatic heterocycles. The van der Waals surface area contributed by atoms with Crippen molar-refractivity contribution in [3.63, 3.8) is 0 Å². The predicted octanol–water partition coefficient (Wildman–Crippen LogP) is 2.09. The molecule has 3 nitrogen and oxygen atoms in total. The fourth-order valence-electron chi connectivity index (χ4n) is 1.12. The highest BCUT2D eigenvalue weighted by Gasteiger charge is 2.04. The smallest absolute Gasteiger partial charge is 0.0825 e. The van der Waals surface area contributed by atoms with Crippen LogP contribution in [0.3, 0.4) is 0 Å². The van der Waals surface area contributed by atoms with Crippen LogP contribution >= 0.6 is 0 Å². The van der Waals surface area contributed by atoms with Gasteiger partial charge in [0.25, 0.3) is 0 Å². The van der Waals surface area contributed by atoms with Gasteiger partial charge in [0, 0.05) is 6.54 Å². The Hall–Kier alpha value is -0.990. The SMILES string of the molecule is Cc1n[nH]c(C)c1NCC(C)C. The average molecular weight is 167 g/mol. The lowest BCUT2D eigenvalue weighted by molar-refractivity contribution is 0.688. The van der Waals surface area contributed by atoms with Crippen LogP contribution in [0.15, 0.2) is 0 Å². The molecule has 0 aliphatic rings. The van der Waals surface area contributed by atoms with Gasteiger partial charge in [0.1, 0.15) is 0 Å². The topological polar surface area (TPSA) is 40.7 Å². The molecule has 0 aliphatic carbocycles. The summed E-state index contributed by atoms with van der Waals surface area (Å²) in [4.78, 5) is 0. The molecule has 1 aromatic rings. The normalized spacial score (nSPS) is 10.8. The minimum absolute atomic E-state index is 0.665. The second-order valence-electron chi connectivity index (χ2n) is 3.58. The lowest BCUT2D eigenvalue weighted by Crippen LogP contribution is -2.08. The van der Waals surface area contributed by atoms with Crippen molar-refractivity contribution in [2.75, 3.05) is 11.9 Å². The van der Waals surface area contributed by atoms with Gasteiger partial charge in [-0.25, -0.2) is 0 Å². The third kappa shape index (κ3) is 2.00. The summed E-state index contributed by atoms with van der Waals surface area (Å²) in [6.45, 7) is 9.42. The van der Waals surface area contributed by atoms with E-state index in [1.165, 1.54) is 0 Å². The van der Waals surface area contributed by atoms with E-state index in [0.29, 0.717) is 5.92 Å². The highest BCUT2D eigenvalue weighted by atomic mass is 15.1. The summed E-state index contributed by atoms with van der Waals surface area (Å²) in [7, 11) is 0. The van der Waals surface area contributed by atoms with Crippen LogP contribution in [-0.2, 0) is 0 Å². The molecule has 0 atom stereocenters. The molecule has 68 valence electrons. The van der Waals surface area contributed by atoms with Gasteiger partial charge >= 0.3 is 0 Å². The van der Waals surface area contributed by atoms with Crippen LogP contribution in [0, 0.1) is 19.8 Å². The van der Waals surface area contributed by atoms with Gasteiger partial charge < -0.3 is 5.32 Å². The maximum Gasteiger partial charge on any atom is 0.0825 e. The molecule has 0 saturated carbocycles. The third-order valence-corrected chi connectivity index (χ3v) is 1.82. The first-order valence-electron chi connectivity index (χ1n) is 4.36. The lowest BCUT2D eigenvalue weighted by Gasteiger charge is -2.08. The van der Waals surface area contributed by atoms with Crippen LogP contribution in [-0.4, -0.2) is 16.7 Å². The van der Waals surface area contributed by atoms with Crippen LogP contribution in [0.2, 0.25) is 0 Å². The van der Waals surface area contributed by atoms with Crippen molar-refractivity contribution in [2.24, 2.45) is 5.92 Å². The van der Waals surface area contributed by atoms with E-state index in [4.69, 9.17) is 0 Å². The first-order chi connectivity index (χ1) is 5.61. The number of aromatic nitrogens is 2. The molecule has 1 rings (SSSR count). The standard InChI is InChI=1S/C9H17N3/c1-6(2)5-10-9-7(3)11-12-8(9)4/h6,10H,5H2,1-4H3,(H,11,12). The molecule has 0 spiro atoms. The number of aromatic amines is 1.